The molecule has 0 nitrogen and oxygen atoms in total. The summed E-state index contributed by atoms with van der Waals surface area (Å²) in [5, 5.41) is 0. The van der Waals surface area contributed by atoms with E-state index in [1.54, 1.807) is 0 Å². The van der Waals surface area contributed by atoms with Crippen LogP contribution in [0.5, 0.6) is 0 Å². The summed E-state index contributed by atoms with van der Waals surface area (Å²) in [6.07, 6.45) is 7.64. The summed E-state index contributed by atoms with van der Waals surface area (Å²) in [7, 11) is 0. The van der Waals surface area contributed by atoms with E-state index in [2.05, 4.69) is 37.3 Å². The van der Waals surface area contributed by atoms with Gasteiger partial charge in [0.15, 0.2) is 0 Å². The molecule has 0 aromatic carbocycles. The molecule has 0 aliphatic heterocycles. The number of hydrogen-bond acceptors (Lipinski definition) is 1. The van der Waals surface area contributed by atoms with Crippen molar-refractivity contribution in [2.24, 2.45) is 0 Å². The molecule has 0 saturated carbocycles. The van der Waals surface area contributed by atoms with Gasteiger partial charge in [0.05, 0.1) is 0 Å². The average Bonchev–Trinajstić information content (AvgIpc) is 2.55. The highest BCUT2D eigenvalue weighted by atomic mass is 32.1. The van der Waals surface area contributed by atoms with Crippen LogP contribution in [0.3, 0.4) is 0 Å². The molecule has 1 aliphatic carbocycles. The van der Waals surface area contributed by atoms with Gasteiger partial charge < -0.3 is 0 Å². The lowest BCUT2D eigenvalue weighted by Gasteiger charge is -1.93. The number of thiophene rings is 1. The van der Waals surface area contributed by atoms with E-state index in [4.69, 9.17) is 0 Å². The van der Waals surface area contributed by atoms with Gasteiger partial charge in [-0.2, -0.15) is 0 Å². The van der Waals surface area contributed by atoms with E-state index in [9.17, 15) is 0 Å². The standard InChI is InChI=1S/C10H10S/c1-8-6-7-10(11-8)9-4-2-3-5-9/h2-4,6-7H,5H2,1H3. The molecule has 1 heterocycles. The fourth-order valence-electron chi connectivity index (χ4n) is 1.24. The van der Waals surface area contributed by atoms with Gasteiger partial charge in [0.25, 0.3) is 0 Å². The zero-order chi connectivity index (χ0) is 7.68. The number of aryl methyl sites for hydroxylation is 1. The summed E-state index contributed by atoms with van der Waals surface area (Å²) in [5.41, 5.74) is 1.46. The van der Waals surface area contributed by atoms with Crippen LogP contribution in [0.4, 0.5) is 0 Å². The predicted octanol–water partition coefficient (Wildman–Crippen LogP) is 3.40. The predicted molar refractivity (Wildman–Crippen MR) is 50.8 cm³/mol. The van der Waals surface area contributed by atoms with Crippen LogP contribution >= 0.6 is 11.3 Å². The van der Waals surface area contributed by atoms with Crippen molar-refractivity contribution >= 4 is 16.9 Å². The van der Waals surface area contributed by atoms with Crippen molar-refractivity contribution in [1.82, 2.24) is 0 Å². The molecule has 0 atom stereocenters. The van der Waals surface area contributed by atoms with E-state index >= 15 is 0 Å². The Morgan fingerprint density at radius 2 is 2.27 bits per heavy atom. The Morgan fingerprint density at radius 1 is 1.36 bits per heavy atom. The molecule has 2 rings (SSSR count). The van der Waals surface area contributed by atoms with Crippen LogP contribution in [-0.4, -0.2) is 0 Å². The minimum atomic E-state index is 1.11. The van der Waals surface area contributed by atoms with Crippen molar-refractivity contribution in [3.8, 4) is 0 Å². The lowest BCUT2D eigenvalue weighted by atomic mass is 10.2. The van der Waals surface area contributed by atoms with E-state index in [1.807, 2.05) is 11.3 Å². The largest absolute Gasteiger partial charge is 0.141 e. The van der Waals surface area contributed by atoms with Gasteiger partial charge in [-0.1, -0.05) is 18.2 Å². The molecule has 0 saturated heterocycles. The summed E-state index contributed by atoms with van der Waals surface area (Å²) in [4.78, 5) is 2.82. The maximum absolute atomic E-state index is 2.21. The van der Waals surface area contributed by atoms with Crippen LogP contribution in [-0.2, 0) is 0 Å². The van der Waals surface area contributed by atoms with Gasteiger partial charge in [0.2, 0.25) is 0 Å². The molecule has 0 fully saturated rings. The average molecular weight is 162 g/mol. The molecule has 0 radical (unpaired) electrons. The Bertz CT molecular complexity index is 315. The molecule has 11 heavy (non-hydrogen) atoms. The first-order chi connectivity index (χ1) is 5.36. The summed E-state index contributed by atoms with van der Waals surface area (Å²) >= 11 is 1.88. The highest BCUT2D eigenvalue weighted by molar-refractivity contribution is 7.13. The maximum Gasteiger partial charge on any atom is 0.0308 e. The lowest BCUT2D eigenvalue weighted by molar-refractivity contribution is 1.47. The molecule has 1 aliphatic rings. The van der Waals surface area contributed by atoms with E-state index < -0.39 is 0 Å². The molecule has 1 aromatic rings. The molecule has 0 bridgehead atoms. The summed E-state index contributed by atoms with van der Waals surface area (Å²) in [5.74, 6) is 0. The SMILES string of the molecule is Cc1ccc(C2=CC=CC2)s1. The second-order valence-corrected chi connectivity index (χ2v) is 4.02. The fourth-order valence-corrected chi connectivity index (χ4v) is 2.14. The Balaban J connectivity index is 2.30. The van der Waals surface area contributed by atoms with Crippen LogP contribution in [0.2, 0.25) is 0 Å². The van der Waals surface area contributed by atoms with Gasteiger partial charge in [0, 0.05) is 9.75 Å². The smallest absolute Gasteiger partial charge is 0.0308 e. The Morgan fingerprint density at radius 3 is 2.82 bits per heavy atom. The lowest BCUT2D eigenvalue weighted by Crippen LogP contribution is -1.70. The normalized spacial score (nSPS) is 15.5. The zero-order valence-electron chi connectivity index (χ0n) is 6.50. The van der Waals surface area contributed by atoms with Crippen LogP contribution in [0.25, 0.3) is 5.57 Å². The highest BCUT2D eigenvalue weighted by Crippen LogP contribution is 2.28. The Hall–Kier alpha value is -0.820. The maximum atomic E-state index is 2.21. The third kappa shape index (κ3) is 1.29. The molecule has 0 amide bonds. The monoisotopic (exact) mass is 162 g/mol. The van der Waals surface area contributed by atoms with Crippen molar-refractivity contribution in [2.45, 2.75) is 13.3 Å². The van der Waals surface area contributed by atoms with Gasteiger partial charge >= 0.3 is 0 Å². The van der Waals surface area contributed by atoms with Crippen molar-refractivity contribution in [3.05, 3.63) is 40.1 Å². The Kier molecular flexibility index (Phi) is 1.66. The number of hydrogen-bond donors (Lipinski definition) is 0. The van der Waals surface area contributed by atoms with Gasteiger partial charge in [0.1, 0.15) is 0 Å². The van der Waals surface area contributed by atoms with Crippen LogP contribution in [0.15, 0.2) is 30.4 Å². The molecule has 0 N–H and O–H groups in total. The topological polar surface area (TPSA) is 0 Å². The second kappa shape index (κ2) is 2.67. The fraction of sp³-hybridized carbons (Fsp3) is 0.200. The molecular formula is C10H10S. The second-order valence-electron chi connectivity index (χ2n) is 2.73. The third-order valence-electron chi connectivity index (χ3n) is 1.83. The summed E-state index contributed by atoms with van der Waals surface area (Å²) in [6.45, 7) is 2.15. The summed E-state index contributed by atoms with van der Waals surface area (Å²) in [6, 6.07) is 4.39. The Labute approximate surface area is 70.9 Å². The van der Waals surface area contributed by atoms with Crippen LogP contribution < -0.4 is 0 Å². The van der Waals surface area contributed by atoms with Crippen molar-refractivity contribution in [1.29, 1.82) is 0 Å². The van der Waals surface area contributed by atoms with Crippen molar-refractivity contribution in [2.75, 3.05) is 0 Å². The van der Waals surface area contributed by atoms with Crippen LogP contribution in [0, 0.1) is 6.92 Å². The minimum absolute atomic E-state index is 1.11. The van der Waals surface area contributed by atoms with Crippen molar-refractivity contribution < 1.29 is 0 Å². The third-order valence-corrected chi connectivity index (χ3v) is 2.90. The van der Waals surface area contributed by atoms with Crippen molar-refractivity contribution in [3.63, 3.8) is 0 Å². The number of allylic oxidation sites excluding steroid dienone is 4. The first kappa shape index (κ1) is 6.86. The van der Waals surface area contributed by atoms with Crippen LogP contribution in [0.1, 0.15) is 16.2 Å². The molecule has 56 valence electrons. The molecule has 1 heteroatoms. The number of rotatable bonds is 1. The molecule has 0 spiro atoms. The van der Waals surface area contributed by atoms with E-state index in [-0.39, 0.29) is 0 Å². The van der Waals surface area contributed by atoms with Gasteiger partial charge in [-0.15, -0.1) is 11.3 Å². The summed E-state index contributed by atoms with van der Waals surface area (Å²) < 4.78 is 0. The first-order valence-corrected chi connectivity index (χ1v) is 4.60. The molecule has 1 aromatic heterocycles. The first-order valence-electron chi connectivity index (χ1n) is 3.79. The quantitative estimate of drug-likeness (QED) is 0.593. The molecular weight excluding hydrogens is 152 g/mol. The zero-order valence-corrected chi connectivity index (χ0v) is 7.32. The van der Waals surface area contributed by atoms with E-state index in [1.165, 1.54) is 15.3 Å². The van der Waals surface area contributed by atoms with Gasteiger partial charge in [-0.05, 0) is 31.1 Å². The minimum Gasteiger partial charge on any atom is -0.141 e. The highest BCUT2D eigenvalue weighted by Gasteiger charge is 2.03. The van der Waals surface area contributed by atoms with E-state index in [0.717, 1.165) is 6.42 Å². The van der Waals surface area contributed by atoms with Gasteiger partial charge in [-0.3, -0.25) is 0 Å². The van der Waals surface area contributed by atoms with Gasteiger partial charge in [-0.25, -0.2) is 0 Å². The molecule has 0 unspecified atom stereocenters. The van der Waals surface area contributed by atoms with E-state index in [0.29, 0.717) is 0 Å².